The van der Waals surface area contributed by atoms with Gasteiger partial charge in [-0.1, -0.05) is 46.9 Å². The van der Waals surface area contributed by atoms with Gasteiger partial charge >= 0.3 is 0 Å². The Morgan fingerprint density at radius 1 is 0.958 bits per heavy atom. The molecule has 1 aromatic heterocycles. The predicted octanol–water partition coefficient (Wildman–Crippen LogP) is 2.98. The summed E-state index contributed by atoms with van der Waals surface area (Å²) in [6, 6.07) is 7.92. The quantitative estimate of drug-likeness (QED) is 0.809. The van der Waals surface area contributed by atoms with Crippen molar-refractivity contribution in [2.45, 2.75) is 13.2 Å². The van der Waals surface area contributed by atoms with Crippen molar-refractivity contribution in [3.8, 4) is 0 Å². The van der Waals surface area contributed by atoms with E-state index in [-0.39, 0.29) is 15.6 Å². The van der Waals surface area contributed by atoms with Gasteiger partial charge in [-0.15, -0.1) is 0 Å². The van der Waals surface area contributed by atoms with Gasteiger partial charge in [-0.05, 0) is 17.7 Å². The van der Waals surface area contributed by atoms with Gasteiger partial charge in [-0.2, -0.15) is 5.10 Å². The molecular weight excluding hydrogens is 371 g/mol. The third-order valence-corrected chi connectivity index (χ3v) is 5.06. The van der Waals surface area contributed by atoms with Crippen molar-refractivity contribution in [2.75, 3.05) is 26.2 Å². The van der Waals surface area contributed by atoms with E-state index in [9.17, 15) is 4.79 Å². The third-order valence-electron chi connectivity index (χ3n) is 4.06. The number of nitrogens with zero attached hydrogens (tertiary/aromatic N) is 4. The zero-order valence-corrected chi connectivity index (χ0v) is 15.2. The molecule has 1 fully saturated rings. The maximum absolute atomic E-state index is 12.0. The van der Waals surface area contributed by atoms with Crippen molar-refractivity contribution in [3.05, 3.63) is 61.4 Å². The summed E-state index contributed by atoms with van der Waals surface area (Å²) in [4.78, 5) is 16.6. The first-order valence-corrected chi connectivity index (χ1v) is 8.76. The number of halogens is 3. The minimum Gasteiger partial charge on any atom is -0.297 e. The van der Waals surface area contributed by atoms with Crippen molar-refractivity contribution in [2.24, 2.45) is 0 Å². The van der Waals surface area contributed by atoms with E-state index in [4.69, 9.17) is 34.8 Å². The van der Waals surface area contributed by atoms with E-state index in [0.29, 0.717) is 6.67 Å². The van der Waals surface area contributed by atoms with Crippen LogP contribution in [0, 0.1) is 0 Å². The van der Waals surface area contributed by atoms with Crippen LogP contribution in [0.25, 0.3) is 0 Å². The summed E-state index contributed by atoms with van der Waals surface area (Å²) in [6.45, 7) is 4.90. The summed E-state index contributed by atoms with van der Waals surface area (Å²) in [7, 11) is 0. The molecule has 0 unspecified atom stereocenters. The molecule has 0 bridgehead atoms. The van der Waals surface area contributed by atoms with E-state index in [2.05, 4.69) is 14.9 Å². The molecule has 2 aromatic rings. The van der Waals surface area contributed by atoms with Gasteiger partial charge in [0.2, 0.25) is 0 Å². The Kier molecular flexibility index (Phi) is 5.79. The van der Waals surface area contributed by atoms with Crippen molar-refractivity contribution in [1.82, 2.24) is 19.6 Å². The fourth-order valence-corrected chi connectivity index (χ4v) is 3.07. The fourth-order valence-electron chi connectivity index (χ4n) is 2.67. The van der Waals surface area contributed by atoms with Crippen molar-refractivity contribution >= 4 is 34.8 Å². The lowest BCUT2D eigenvalue weighted by Gasteiger charge is -2.34. The molecule has 0 spiro atoms. The van der Waals surface area contributed by atoms with Crippen LogP contribution in [-0.2, 0) is 13.2 Å². The van der Waals surface area contributed by atoms with Gasteiger partial charge in [-0.3, -0.25) is 14.6 Å². The van der Waals surface area contributed by atoms with Gasteiger partial charge < -0.3 is 0 Å². The van der Waals surface area contributed by atoms with E-state index in [1.807, 2.05) is 24.3 Å². The Bertz CT molecular complexity index is 755. The molecule has 1 aromatic carbocycles. The van der Waals surface area contributed by atoms with Gasteiger partial charge in [0, 0.05) is 37.7 Å². The molecule has 5 nitrogen and oxygen atoms in total. The van der Waals surface area contributed by atoms with E-state index in [1.165, 1.54) is 16.4 Å². The van der Waals surface area contributed by atoms with Crippen LogP contribution >= 0.6 is 34.8 Å². The van der Waals surface area contributed by atoms with Crippen molar-refractivity contribution < 1.29 is 0 Å². The van der Waals surface area contributed by atoms with Crippen LogP contribution in [0.2, 0.25) is 15.1 Å². The van der Waals surface area contributed by atoms with E-state index < -0.39 is 0 Å². The Hall–Kier alpha value is -1.11. The normalized spacial score (nSPS) is 16.5. The molecule has 1 aliphatic heterocycles. The highest BCUT2D eigenvalue weighted by molar-refractivity contribution is 6.41. The molecule has 0 saturated carbocycles. The molecule has 0 atom stereocenters. The summed E-state index contributed by atoms with van der Waals surface area (Å²) in [5.74, 6) is 0. The number of piperazine rings is 1. The second-order valence-electron chi connectivity index (χ2n) is 5.77. The van der Waals surface area contributed by atoms with Crippen LogP contribution in [0.15, 0.2) is 35.3 Å². The maximum atomic E-state index is 12.0. The molecule has 8 heteroatoms. The number of rotatable bonds is 4. The summed E-state index contributed by atoms with van der Waals surface area (Å²) in [5, 5.41) is 5.01. The minimum absolute atomic E-state index is 0.0213. The molecule has 2 heterocycles. The molecule has 0 amide bonds. The Morgan fingerprint density at radius 3 is 2.25 bits per heavy atom. The lowest BCUT2D eigenvalue weighted by Crippen LogP contribution is -2.47. The second-order valence-corrected chi connectivity index (χ2v) is 6.99. The average Bonchev–Trinajstić information content (AvgIpc) is 2.59. The lowest BCUT2D eigenvalue weighted by atomic mass is 10.2. The zero-order chi connectivity index (χ0) is 17.1. The molecule has 0 radical (unpaired) electrons. The topological polar surface area (TPSA) is 41.4 Å². The molecule has 24 heavy (non-hydrogen) atoms. The monoisotopic (exact) mass is 386 g/mol. The first-order valence-electron chi connectivity index (χ1n) is 7.63. The average molecular weight is 388 g/mol. The van der Waals surface area contributed by atoms with Gasteiger partial charge in [0.05, 0.1) is 17.9 Å². The van der Waals surface area contributed by atoms with Crippen LogP contribution in [0.1, 0.15) is 5.56 Å². The highest BCUT2D eigenvalue weighted by atomic mass is 35.5. The summed E-state index contributed by atoms with van der Waals surface area (Å²) >= 11 is 17.6. The van der Waals surface area contributed by atoms with E-state index in [0.717, 1.165) is 37.7 Å². The Morgan fingerprint density at radius 2 is 1.58 bits per heavy atom. The lowest BCUT2D eigenvalue weighted by molar-refractivity contribution is 0.0970. The van der Waals surface area contributed by atoms with Gasteiger partial charge in [0.25, 0.3) is 5.56 Å². The van der Waals surface area contributed by atoms with Crippen molar-refractivity contribution in [3.63, 3.8) is 0 Å². The number of hydrogen-bond acceptors (Lipinski definition) is 4. The smallest absolute Gasteiger partial charge is 0.288 e. The van der Waals surface area contributed by atoms with Crippen molar-refractivity contribution in [1.29, 1.82) is 0 Å². The maximum Gasteiger partial charge on any atom is 0.288 e. The summed E-state index contributed by atoms with van der Waals surface area (Å²) in [6.07, 6.45) is 1.40. The summed E-state index contributed by atoms with van der Waals surface area (Å²) in [5.41, 5.74) is 0.892. The zero-order valence-electron chi connectivity index (χ0n) is 13.0. The number of hydrogen-bond donors (Lipinski definition) is 0. The largest absolute Gasteiger partial charge is 0.297 e. The molecule has 0 N–H and O–H groups in total. The number of benzene rings is 1. The Labute approximate surface area is 155 Å². The van der Waals surface area contributed by atoms with Crippen LogP contribution in [0.4, 0.5) is 0 Å². The summed E-state index contributed by atoms with van der Waals surface area (Å²) < 4.78 is 1.35. The van der Waals surface area contributed by atoms with Crippen LogP contribution < -0.4 is 5.56 Å². The van der Waals surface area contributed by atoms with Gasteiger partial charge in [0.15, 0.2) is 0 Å². The molecule has 128 valence electrons. The minimum atomic E-state index is -0.354. The molecule has 0 aliphatic carbocycles. The first kappa shape index (κ1) is 17.7. The molecule has 1 saturated heterocycles. The van der Waals surface area contributed by atoms with Gasteiger partial charge in [-0.25, -0.2) is 4.68 Å². The van der Waals surface area contributed by atoms with Crippen LogP contribution in [0.5, 0.6) is 0 Å². The highest BCUT2D eigenvalue weighted by Crippen LogP contribution is 2.15. The number of aromatic nitrogens is 2. The predicted molar refractivity (Wildman–Crippen MR) is 96.8 cm³/mol. The Balaban J connectivity index is 1.55. The standard InChI is InChI=1S/C16H17Cl3N4O/c17-13-3-1-12(2-4-13)10-21-5-7-22(8-6-21)11-23-16(24)15(19)14(18)9-20-23/h1-4,9H,5-8,10-11H2. The van der Waals surface area contributed by atoms with E-state index in [1.54, 1.807) is 0 Å². The highest BCUT2D eigenvalue weighted by Gasteiger charge is 2.18. The van der Waals surface area contributed by atoms with Crippen LogP contribution in [0.3, 0.4) is 0 Å². The first-order chi connectivity index (χ1) is 11.5. The SMILES string of the molecule is O=c1c(Cl)c(Cl)cnn1CN1CCN(Cc2ccc(Cl)cc2)CC1. The molecule has 3 rings (SSSR count). The molecular formula is C16H17Cl3N4O. The second kappa shape index (κ2) is 7.85. The van der Waals surface area contributed by atoms with E-state index >= 15 is 0 Å². The van der Waals surface area contributed by atoms with Crippen LogP contribution in [-0.4, -0.2) is 45.8 Å². The fraction of sp³-hybridized carbons (Fsp3) is 0.375. The van der Waals surface area contributed by atoms with Gasteiger partial charge in [0.1, 0.15) is 5.02 Å². The third kappa shape index (κ3) is 4.29. The molecule has 1 aliphatic rings.